The Balaban J connectivity index is 2.89. The SMILES string of the molecule is CCCc1cc(S)ccc1OC(F)F. The number of halogens is 2. The van der Waals surface area contributed by atoms with Crippen molar-refractivity contribution in [3.63, 3.8) is 0 Å². The molecule has 0 spiro atoms. The van der Waals surface area contributed by atoms with E-state index in [-0.39, 0.29) is 5.75 Å². The molecule has 0 radical (unpaired) electrons. The second kappa shape index (κ2) is 5.20. The van der Waals surface area contributed by atoms with Crippen LogP contribution in [0.4, 0.5) is 8.78 Å². The third kappa shape index (κ3) is 3.18. The second-order valence-corrected chi connectivity index (χ2v) is 3.44. The van der Waals surface area contributed by atoms with Crippen molar-refractivity contribution in [1.82, 2.24) is 0 Å². The van der Waals surface area contributed by atoms with Crippen LogP contribution in [0.1, 0.15) is 18.9 Å². The molecule has 0 unspecified atom stereocenters. The first kappa shape index (κ1) is 11.3. The van der Waals surface area contributed by atoms with Crippen LogP contribution in [-0.4, -0.2) is 6.61 Å². The summed E-state index contributed by atoms with van der Waals surface area (Å²) in [4.78, 5) is 0.759. The van der Waals surface area contributed by atoms with Gasteiger partial charge in [-0.15, -0.1) is 12.6 Å². The van der Waals surface area contributed by atoms with Crippen LogP contribution in [0.15, 0.2) is 23.1 Å². The molecular formula is C10H12F2OS. The normalized spacial score (nSPS) is 10.6. The summed E-state index contributed by atoms with van der Waals surface area (Å²) in [5.74, 6) is 0.250. The van der Waals surface area contributed by atoms with Gasteiger partial charge in [-0.1, -0.05) is 13.3 Å². The standard InChI is InChI=1S/C10H12F2OS/c1-2-3-7-6-8(14)4-5-9(7)13-10(11)12/h4-6,10,14H,2-3H2,1H3. The molecule has 0 aromatic heterocycles. The van der Waals surface area contributed by atoms with Crippen molar-refractivity contribution in [3.8, 4) is 5.75 Å². The van der Waals surface area contributed by atoms with Crippen LogP contribution in [0.3, 0.4) is 0 Å². The molecule has 0 saturated carbocycles. The zero-order valence-corrected chi connectivity index (χ0v) is 8.73. The van der Waals surface area contributed by atoms with E-state index in [4.69, 9.17) is 0 Å². The summed E-state index contributed by atoms with van der Waals surface area (Å²) in [5, 5.41) is 0. The maximum Gasteiger partial charge on any atom is 0.387 e. The van der Waals surface area contributed by atoms with E-state index in [1.54, 1.807) is 12.1 Å². The number of benzene rings is 1. The zero-order chi connectivity index (χ0) is 10.6. The molecule has 1 rings (SSSR count). The molecule has 0 saturated heterocycles. The van der Waals surface area contributed by atoms with Crippen LogP contribution in [0, 0.1) is 0 Å². The summed E-state index contributed by atoms with van der Waals surface area (Å²) in [6.45, 7) is -0.784. The molecule has 1 aromatic rings. The summed E-state index contributed by atoms with van der Waals surface area (Å²) < 4.78 is 28.4. The van der Waals surface area contributed by atoms with Gasteiger partial charge in [0.1, 0.15) is 5.75 Å². The number of alkyl halides is 2. The van der Waals surface area contributed by atoms with E-state index in [0.29, 0.717) is 0 Å². The predicted octanol–water partition coefficient (Wildman–Crippen LogP) is 3.53. The molecule has 0 bridgehead atoms. The number of hydrogen-bond acceptors (Lipinski definition) is 2. The highest BCUT2D eigenvalue weighted by Crippen LogP contribution is 2.24. The van der Waals surface area contributed by atoms with Gasteiger partial charge < -0.3 is 4.74 Å². The first-order valence-corrected chi connectivity index (χ1v) is 4.85. The minimum absolute atomic E-state index is 0.250. The van der Waals surface area contributed by atoms with E-state index in [0.717, 1.165) is 23.3 Å². The van der Waals surface area contributed by atoms with Gasteiger partial charge in [0.15, 0.2) is 0 Å². The maximum atomic E-state index is 12.0. The molecule has 14 heavy (non-hydrogen) atoms. The highest BCUT2D eigenvalue weighted by Gasteiger charge is 2.08. The summed E-state index contributed by atoms with van der Waals surface area (Å²) in [7, 11) is 0. The first-order chi connectivity index (χ1) is 6.63. The fourth-order valence-corrected chi connectivity index (χ4v) is 1.47. The Morgan fingerprint density at radius 2 is 2.14 bits per heavy atom. The molecule has 0 aliphatic carbocycles. The molecule has 4 heteroatoms. The molecule has 0 heterocycles. The van der Waals surface area contributed by atoms with E-state index < -0.39 is 6.61 Å². The second-order valence-electron chi connectivity index (χ2n) is 2.92. The molecular weight excluding hydrogens is 206 g/mol. The Hall–Kier alpha value is -0.770. The van der Waals surface area contributed by atoms with Crippen molar-refractivity contribution in [1.29, 1.82) is 0 Å². The molecule has 0 aliphatic heterocycles. The first-order valence-electron chi connectivity index (χ1n) is 4.40. The number of rotatable bonds is 4. The van der Waals surface area contributed by atoms with Crippen molar-refractivity contribution >= 4 is 12.6 Å². The fourth-order valence-electron chi connectivity index (χ4n) is 1.24. The van der Waals surface area contributed by atoms with Crippen molar-refractivity contribution in [2.45, 2.75) is 31.3 Å². The highest BCUT2D eigenvalue weighted by molar-refractivity contribution is 7.80. The Bertz CT molecular complexity index is 302. The number of thiol groups is 1. The van der Waals surface area contributed by atoms with Gasteiger partial charge in [0, 0.05) is 4.90 Å². The Morgan fingerprint density at radius 3 is 2.71 bits per heavy atom. The fraction of sp³-hybridized carbons (Fsp3) is 0.400. The van der Waals surface area contributed by atoms with E-state index in [1.807, 2.05) is 6.92 Å². The van der Waals surface area contributed by atoms with Crippen LogP contribution >= 0.6 is 12.6 Å². The van der Waals surface area contributed by atoms with Crippen molar-refractivity contribution in [2.24, 2.45) is 0 Å². The number of hydrogen-bond donors (Lipinski definition) is 1. The van der Waals surface area contributed by atoms with E-state index in [1.165, 1.54) is 6.07 Å². The minimum Gasteiger partial charge on any atom is -0.435 e. The average Bonchev–Trinajstić information content (AvgIpc) is 2.09. The van der Waals surface area contributed by atoms with Gasteiger partial charge in [-0.05, 0) is 30.2 Å². The molecule has 78 valence electrons. The molecule has 1 aromatic carbocycles. The average molecular weight is 218 g/mol. The lowest BCUT2D eigenvalue weighted by atomic mass is 10.1. The Kier molecular flexibility index (Phi) is 4.20. The molecule has 0 aliphatic rings. The van der Waals surface area contributed by atoms with Gasteiger partial charge in [0.2, 0.25) is 0 Å². The lowest BCUT2D eigenvalue weighted by Gasteiger charge is -2.10. The minimum atomic E-state index is -2.77. The van der Waals surface area contributed by atoms with Crippen LogP contribution < -0.4 is 4.74 Å². The van der Waals surface area contributed by atoms with Gasteiger partial charge in [-0.25, -0.2) is 0 Å². The number of aryl methyl sites for hydroxylation is 1. The van der Waals surface area contributed by atoms with Crippen LogP contribution in [0.5, 0.6) is 5.75 Å². The van der Waals surface area contributed by atoms with E-state index in [9.17, 15) is 8.78 Å². The van der Waals surface area contributed by atoms with Gasteiger partial charge >= 0.3 is 6.61 Å². The smallest absolute Gasteiger partial charge is 0.387 e. The maximum absolute atomic E-state index is 12.0. The van der Waals surface area contributed by atoms with Gasteiger partial charge in [-0.3, -0.25) is 0 Å². The monoisotopic (exact) mass is 218 g/mol. The van der Waals surface area contributed by atoms with Crippen molar-refractivity contribution in [2.75, 3.05) is 0 Å². The van der Waals surface area contributed by atoms with Gasteiger partial charge in [-0.2, -0.15) is 8.78 Å². The van der Waals surface area contributed by atoms with Crippen LogP contribution in [0.2, 0.25) is 0 Å². The summed E-state index contributed by atoms with van der Waals surface area (Å²) in [5.41, 5.74) is 0.778. The zero-order valence-electron chi connectivity index (χ0n) is 7.84. The van der Waals surface area contributed by atoms with Crippen molar-refractivity contribution < 1.29 is 13.5 Å². The van der Waals surface area contributed by atoms with Gasteiger partial charge in [0.25, 0.3) is 0 Å². The molecule has 1 nitrogen and oxygen atoms in total. The largest absolute Gasteiger partial charge is 0.435 e. The molecule has 0 amide bonds. The summed E-state index contributed by atoms with van der Waals surface area (Å²) in [6, 6.07) is 4.92. The molecule has 0 fully saturated rings. The lowest BCUT2D eigenvalue weighted by molar-refractivity contribution is -0.0504. The predicted molar refractivity (Wildman–Crippen MR) is 54.3 cm³/mol. The summed E-state index contributed by atoms with van der Waals surface area (Å²) >= 11 is 4.14. The third-order valence-electron chi connectivity index (χ3n) is 1.78. The quantitative estimate of drug-likeness (QED) is 0.761. The van der Waals surface area contributed by atoms with Crippen LogP contribution in [-0.2, 0) is 6.42 Å². The van der Waals surface area contributed by atoms with E-state index >= 15 is 0 Å². The number of ether oxygens (including phenoxy) is 1. The topological polar surface area (TPSA) is 9.23 Å². The molecule has 0 N–H and O–H groups in total. The van der Waals surface area contributed by atoms with E-state index in [2.05, 4.69) is 17.4 Å². The van der Waals surface area contributed by atoms with Crippen LogP contribution in [0.25, 0.3) is 0 Å². The van der Waals surface area contributed by atoms with Crippen molar-refractivity contribution in [3.05, 3.63) is 23.8 Å². The van der Waals surface area contributed by atoms with Gasteiger partial charge in [0.05, 0.1) is 0 Å². The third-order valence-corrected chi connectivity index (χ3v) is 2.06. The Labute approximate surface area is 87.5 Å². The highest BCUT2D eigenvalue weighted by atomic mass is 32.1. The lowest BCUT2D eigenvalue weighted by Crippen LogP contribution is -2.04. The summed E-state index contributed by atoms with van der Waals surface area (Å²) in [6.07, 6.45) is 1.60. The Morgan fingerprint density at radius 1 is 1.43 bits per heavy atom. The molecule has 0 atom stereocenters.